The van der Waals surface area contributed by atoms with Crippen LogP contribution in [0.3, 0.4) is 0 Å². The summed E-state index contributed by atoms with van der Waals surface area (Å²) in [6.07, 6.45) is 3.65. The van der Waals surface area contributed by atoms with Crippen molar-refractivity contribution in [1.82, 2.24) is 10.2 Å². The molecule has 4 nitrogen and oxygen atoms in total. The highest BCUT2D eigenvalue weighted by molar-refractivity contribution is 5.77. The van der Waals surface area contributed by atoms with Crippen LogP contribution in [0.15, 0.2) is 30.3 Å². The average Bonchev–Trinajstić information content (AvgIpc) is 2.52. The second-order valence-corrected chi connectivity index (χ2v) is 5.18. The van der Waals surface area contributed by atoms with Crippen LogP contribution < -0.4 is 10.1 Å². The van der Waals surface area contributed by atoms with Gasteiger partial charge in [-0.15, -0.1) is 0 Å². The van der Waals surface area contributed by atoms with Gasteiger partial charge in [-0.05, 0) is 38.4 Å². The van der Waals surface area contributed by atoms with Gasteiger partial charge in [0.2, 0.25) is 0 Å². The van der Waals surface area contributed by atoms with Gasteiger partial charge in [-0.25, -0.2) is 0 Å². The van der Waals surface area contributed by atoms with E-state index in [1.807, 2.05) is 42.2 Å². The lowest BCUT2D eigenvalue weighted by Gasteiger charge is -2.30. The topological polar surface area (TPSA) is 41.6 Å². The van der Waals surface area contributed by atoms with Crippen LogP contribution in [0.1, 0.15) is 26.2 Å². The maximum Gasteiger partial charge on any atom is 0.260 e. The highest BCUT2D eigenvalue weighted by Crippen LogP contribution is 2.10. The van der Waals surface area contributed by atoms with Crippen LogP contribution in [0, 0.1) is 0 Å². The second kappa shape index (κ2) is 7.90. The normalized spacial score (nSPS) is 18.6. The first-order valence-electron chi connectivity index (χ1n) is 7.48. The maximum atomic E-state index is 12.2. The summed E-state index contributed by atoms with van der Waals surface area (Å²) in [5.41, 5.74) is 0. The summed E-state index contributed by atoms with van der Waals surface area (Å²) in [6.45, 7) is 4.72. The molecule has 1 unspecified atom stereocenters. The molecule has 0 saturated carbocycles. The first-order valence-corrected chi connectivity index (χ1v) is 7.48. The van der Waals surface area contributed by atoms with Gasteiger partial charge < -0.3 is 15.0 Å². The zero-order valence-corrected chi connectivity index (χ0v) is 12.2. The van der Waals surface area contributed by atoms with Crippen LogP contribution in [0.5, 0.6) is 5.75 Å². The number of hydrogen-bond donors (Lipinski definition) is 1. The lowest BCUT2D eigenvalue weighted by molar-refractivity contribution is -0.133. The van der Waals surface area contributed by atoms with Crippen LogP contribution in [-0.4, -0.2) is 43.1 Å². The number of rotatable bonds is 6. The van der Waals surface area contributed by atoms with Crippen LogP contribution >= 0.6 is 0 Å². The maximum absolute atomic E-state index is 12.2. The van der Waals surface area contributed by atoms with Crippen molar-refractivity contribution in [2.24, 2.45) is 0 Å². The van der Waals surface area contributed by atoms with Crippen LogP contribution in [0.25, 0.3) is 0 Å². The number of ether oxygens (including phenoxy) is 1. The lowest BCUT2D eigenvalue weighted by Crippen LogP contribution is -2.46. The van der Waals surface area contributed by atoms with Crippen LogP contribution in [0.4, 0.5) is 0 Å². The fourth-order valence-electron chi connectivity index (χ4n) is 2.51. The summed E-state index contributed by atoms with van der Waals surface area (Å²) < 4.78 is 5.53. The summed E-state index contributed by atoms with van der Waals surface area (Å²) in [5, 5.41) is 3.48. The van der Waals surface area contributed by atoms with Crippen molar-refractivity contribution in [3.05, 3.63) is 30.3 Å². The highest BCUT2D eigenvalue weighted by Gasteiger charge is 2.19. The second-order valence-electron chi connectivity index (χ2n) is 5.18. The minimum absolute atomic E-state index is 0.0590. The first kappa shape index (κ1) is 14.9. The molecule has 1 heterocycles. The van der Waals surface area contributed by atoms with Gasteiger partial charge in [0.05, 0.1) is 0 Å². The van der Waals surface area contributed by atoms with E-state index in [2.05, 4.69) is 5.32 Å². The zero-order valence-electron chi connectivity index (χ0n) is 12.2. The third-order valence-corrected chi connectivity index (χ3v) is 3.69. The van der Waals surface area contributed by atoms with Gasteiger partial charge in [0.15, 0.2) is 6.61 Å². The Kier molecular flexibility index (Phi) is 5.87. The third-order valence-electron chi connectivity index (χ3n) is 3.69. The number of carbonyl (C=O) groups is 1. The number of para-hydroxylation sites is 1. The standard InChI is InChI=1S/C16H24N2O2/c1-2-18(12-14-8-6-7-11-17-14)16(19)13-20-15-9-4-3-5-10-15/h3-5,9-10,14,17H,2,6-8,11-13H2,1H3. The molecule has 20 heavy (non-hydrogen) atoms. The number of piperidine rings is 1. The smallest absolute Gasteiger partial charge is 0.260 e. The van der Waals surface area contributed by atoms with Gasteiger partial charge in [-0.1, -0.05) is 24.6 Å². The van der Waals surface area contributed by atoms with Crippen LogP contribution in [-0.2, 0) is 4.79 Å². The average molecular weight is 276 g/mol. The monoisotopic (exact) mass is 276 g/mol. The minimum atomic E-state index is 0.0590. The lowest BCUT2D eigenvalue weighted by atomic mass is 10.0. The van der Waals surface area contributed by atoms with E-state index < -0.39 is 0 Å². The SMILES string of the molecule is CCN(CC1CCCCN1)C(=O)COc1ccccc1. The molecule has 1 aliphatic rings. The molecule has 1 atom stereocenters. The molecule has 1 aromatic rings. The Hall–Kier alpha value is -1.55. The number of likely N-dealkylation sites (N-methyl/N-ethyl adjacent to an activating group) is 1. The van der Waals surface area contributed by atoms with Gasteiger partial charge in [0.1, 0.15) is 5.75 Å². The van der Waals surface area contributed by atoms with E-state index in [0.717, 1.165) is 31.8 Å². The number of carbonyl (C=O) groups excluding carboxylic acids is 1. The van der Waals surface area contributed by atoms with Gasteiger partial charge >= 0.3 is 0 Å². The largest absolute Gasteiger partial charge is 0.484 e. The van der Waals surface area contributed by atoms with Gasteiger partial charge in [-0.3, -0.25) is 4.79 Å². The summed E-state index contributed by atoms with van der Waals surface area (Å²) in [6, 6.07) is 9.91. The Labute approximate surface area is 121 Å². The summed E-state index contributed by atoms with van der Waals surface area (Å²) in [4.78, 5) is 14.1. The molecule has 1 amide bonds. The number of hydrogen-bond acceptors (Lipinski definition) is 3. The molecule has 1 aromatic carbocycles. The van der Waals surface area contributed by atoms with Gasteiger partial charge in [-0.2, -0.15) is 0 Å². The van der Waals surface area contributed by atoms with Crippen molar-refractivity contribution in [3.8, 4) is 5.75 Å². The fourth-order valence-corrected chi connectivity index (χ4v) is 2.51. The molecule has 0 aliphatic carbocycles. The molecule has 2 rings (SSSR count). The Morgan fingerprint density at radius 3 is 2.80 bits per heavy atom. The molecule has 4 heteroatoms. The Balaban J connectivity index is 1.79. The van der Waals surface area contributed by atoms with E-state index in [9.17, 15) is 4.79 Å². The number of nitrogens with one attached hydrogen (secondary N) is 1. The van der Waals surface area contributed by atoms with Crippen molar-refractivity contribution < 1.29 is 9.53 Å². The zero-order chi connectivity index (χ0) is 14.2. The van der Waals surface area contributed by atoms with Crippen molar-refractivity contribution in [1.29, 1.82) is 0 Å². The van der Waals surface area contributed by atoms with E-state index in [0.29, 0.717) is 6.04 Å². The van der Waals surface area contributed by atoms with E-state index in [-0.39, 0.29) is 12.5 Å². The molecule has 1 saturated heterocycles. The molecule has 1 aliphatic heterocycles. The number of nitrogens with zero attached hydrogens (tertiary/aromatic N) is 1. The van der Waals surface area contributed by atoms with Crippen molar-refractivity contribution >= 4 is 5.91 Å². The third kappa shape index (κ3) is 4.53. The minimum Gasteiger partial charge on any atom is -0.484 e. The molecule has 1 N–H and O–H groups in total. The highest BCUT2D eigenvalue weighted by atomic mass is 16.5. The number of benzene rings is 1. The fraction of sp³-hybridized carbons (Fsp3) is 0.562. The van der Waals surface area contributed by atoms with Crippen molar-refractivity contribution in [2.45, 2.75) is 32.2 Å². The van der Waals surface area contributed by atoms with Crippen molar-refractivity contribution in [2.75, 3.05) is 26.2 Å². The Bertz CT molecular complexity index is 402. The molecule has 110 valence electrons. The molecule has 0 radical (unpaired) electrons. The quantitative estimate of drug-likeness (QED) is 0.864. The molecule has 1 fully saturated rings. The Morgan fingerprint density at radius 1 is 1.35 bits per heavy atom. The van der Waals surface area contributed by atoms with E-state index in [1.165, 1.54) is 12.8 Å². The molecular weight excluding hydrogens is 252 g/mol. The summed E-state index contributed by atoms with van der Waals surface area (Å²) in [5.74, 6) is 0.802. The Morgan fingerprint density at radius 2 is 2.15 bits per heavy atom. The van der Waals surface area contributed by atoms with E-state index in [1.54, 1.807) is 0 Å². The van der Waals surface area contributed by atoms with E-state index in [4.69, 9.17) is 4.74 Å². The molecule has 0 spiro atoms. The number of amides is 1. The first-order chi connectivity index (χ1) is 9.79. The predicted molar refractivity (Wildman–Crippen MR) is 79.8 cm³/mol. The molecule has 0 bridgehead atoms. The van der Waals surface area contributed by atoms with Crippen LogP contribution in [0.2, 0.25) is 0 Å². The summed E-state index contributed by atoms with van der Waals surface area (Å²) in [7, 11) is 0. The summed E-state index contributed by atoms with van der Waals surface area (Å²) >= 11 is 0. The molecule has 0 aromatic heterocycles. The van der Waals surface area contributed by atoms with E-state index >= 15 is 0 Å². The van der Waals surface area contributed by atoms with Crippen molar-refractivity contribution in [3.63, 3.8) is 0 Å². The van der Waals surface area contributed by atoms with Gasteiger partial charge in [0, 0.05) is 19.1 Å². The predicted octanol–water partition coefficient (Wildman–Crippen LogP) is 2.06. The molecular formula is C16H24N2O2. The van der Waals surface area contributed by atoms with Gasteiger partial charge in [0.25, 0.3) is 5.91 Å².